The molecule has 134 valence electrons. The third kappa shape index (κ3) is 4.52. The number of amides is 2. The fraction of sp³-hybridized carbons (Fsp3) is 0.250. The second-order valence-electron chi connectivity index (χ2n) is 6.40. The molecule has 1 aliphatic rings. The average Bonchev–Trinajstić information content (AvgIpc) is 2.60. The highest BCUT2D eigenvalue weighted by Gasteiger charge is 2.30. The number of hydrogen-bond donors (Lipinski definition) is 2. The van der Waals surface area contributed by atoms with E-state index in [-0.39, 0.29) is 18.2 Å². The van der Waals surface area contributed by atoms with Gasteiger partial charge in [-0.2, -0.15) is 0 Å². The Morgan fingerprint density at radius 3 is 2.54 bits per heavy atom. The first-order chi connectivity index (χ1) is 12.4. The van der Waals surface area contributed by atoms with Crippen LogP contribution in [0.1, 0.15) is 23.1 Å². The first kappa shape index (κ1) is 18.2. The van der Waals surface area contributed by atoms with Gasteiger partial charge in [0.15, 0.2) is 5.17 Å². The van der Waals surface area contributed by atoms with E-state index in [2.05, 4.69) is 15.6 Å². The Kier molecular flexibility index (Phi) is 5.42. The van der Waals surface area contributed by atoms with E-state index in [0.717, 1.165) is 22.5 Å². The molecule has 1 heterocycles. The molecule has 2 aromatic rings. The minimum absolute atomic E-state index is 0.133. The number of carbonyl (C=O) groups is 2. The third-order valence-electron chi connectivity index (χ3n) is 4.20. The van der Waals surface area contributed by atoms with E-state index in [1.54, 1.807) is 0 Å². The zero-order valence-electron chi connectivity index (χ0n) is 15.0. The maximum absolute atomic E-state index is 12.6. The molecule has 0 bridgehead atoms. The summed E-state index contributed by atoms with van der Waals surface area (Å²) in [7, 11) is 0. The lowest BCUT2D eigenvalue weighted by Crippen LogP contribution is -2.41. The zero-order chi connectivity index (χ0) is 18.7. The van der Waals surface area contributed by atoms with Crippen LogP contribution in [-0.2, 0) is 9.59 Å². The van der Waals surface area contributed by atoms with Crippen molar-refractivity contribution < 1.29 is 9.59 Å². The maximum Gasteiger partial charge on any atom is 0.238 e. The standard InChI is InChI=1S/C20H21N3O2S/c1-12-4-7-15(8-5-12)22-20-23-18(24)11-17(26-20)19(25)21-16-9-6-13(2)14(3)10-16/h4-10,17H,11H2,1-3H3,(H,21,25)(H,22,23,24)/t17-/m0/s1. The van der Waals surface area contributed by atoms with Gasteiger partial charge < -0.3 is 10.6 Å². The fourth-order valence-corrected chi connectivity index (χ4v) is 3.52. The lowest BCUT2D eigenvalue weighted by atomic mass is 10.1. The first-order valence-electron chi connectivity index (χ1n) is 8.41. The summed E-state index contributed by atoms with van der Waals surface area (Å²) >= 11 is 1.27. The summed E-state index contributed by atoms with van der Waals surface area (Å²) in [6.45, 7) is 6.03. The highest BCUT2D eigenvalue weighted by Crippen LogP contribution is 2.25. The molecule has 2 amide bonds. The van der Waals surface area contributed by atoms with Crippen molar-refractivity contribution in [3.8, 4) is 0 Å². The predicted octanol–water partition coefficient (Wildman–Crippen LogP) is 3.86. The molecule has 0 aliphatic carbocycles. The second-order valence-corrected chi connectivity index (χ2v) is 7.59. The Morgan fingerprint density at radius 2 is 1.85 bits per heavy atom. The molecule has 1 fully saturated rings. The SMILES string of the molecule is Cc1ccc(N=C2NC(=O)C[C@@H](C(=O)Nc3ccc(C)c(C)c3)S2)cc1. The van der Waals surface area contributed by atoms with E-state index < -0.39 is 5.25 Å². The summed E-state index contributed by atoms with van der Waals surface area (Å²) in [4.78, 5) is 29.0. The summed E-state index contributed by atoms with van der Waals surface area (Å²) < 4.78 is 0. The minimum Gasteiger partial charge on any atom is -0.325 e. The van der Waals surface area contributed by atoms with E-state index in [4.69, 9.17) is 0 Å². The van der Waals surface area contributed by atoms with Gasteiger partial charge in [0.2, 0.25) is 11.8 Å². The van der Waals surface area contributed by atoms with Crippen molar-refractivity contribution in [3.63, 3.8) is 0 Å². The number of carbonyl (C=O) groups excluding carboxylic acids is 2. The van der Waals surface area contributed by atoms with Crippen molar-refractivity contribution in [1.82, 2.24) is 5.32 Å². The van der Waals surface area contributed by atoms with Crippen molar-refractivity contribution in [1.29, 1.82) is 0 Å². The number of nitrogens with zero attached hydrogens (tertiary/aromatic N) is 1. The summed E-state index contributed by atoms with van der Waals surface area (Å²) in [5, 5.41) is 5.58. The van der Waals surface area contributed by atoms with Crippen LogP contribution < -0.4 is 10.6 Å². The Bertz CT molecular complexity index is 875. The van der Waals surface area contributed by atoms with Crippen molar-refractivity contribution in [3.05, 3.63) is 59.2 Å². The zero-order valence-corrected chi connectivity index (χ0v) is 15.8. The van der Waals surface area contributed by atoms with Crippen molar-refractivity contribution in [2.45, 2.75) is 32.4 Å². The number of nitrogens with one attached hydrogen (secondary N) is 2. The monoisotopic (exact) mass is 367 g/mol. The van der Waals surface area contributed by atoms with Crippen LogP contribution in [0, 0.1) is 20.8 Å². The van der Waals surface area contributed by atoms with Gasteiger partial charge in [0.25, 0.3) is 0 Å². The van der Waals surface area contributed by atoms with Gasteiger partial charge >= 0.3 is 0 Å². The maximum atomic E-state index is 12.6. The Balaban J connectivity index is 1.72. The van der Waals surface area contributed by atoms with Crippen molar-refractivity contribution >= 4 is 40.1 Å². The molecule has 0 saturated carbocycles. The Morgan fingerprint density at radius 1 is 1.12 bits per heavy atom. The summed E-state index contributed by atoms with van der Waals surface area (Å²) in [5.74, 6) is -0.389. The largest absolute Gasteiger partial charge is 0.325 e. The lowest BCUT2D eigenvalue weighted by molar-refractivity contribution is -0.123. The molecule has 5 nitrogen and oxygen atoms in total. The number of thioether (sulfide) groups is 1. The van der Waals surface area contributed by atoms with Gasteiger partial charge in [-0.1, -0.05) is 35.5 Å². The number of amidine groups is 1. The molecule has 0 aromatic heterocycles. The van der Waals surface area contributed by atoms with E-state index in [9.17, 15) is 9.59 Å². The predicted molar refractivity (Wildman–Crippen MR) is 107 cm³/mol. The quantitative estimate of drug-likeness (QED) is 0.865. The Hall–Kier alpha value is -2.60. The molecule has 0 spiro atoms. The number of aryl methyl sites for hydroxylation is 3. The van der Waals surface area contributed by atoms with Gasteiger partial charge in [-0.15, -0.1) is 0 Å². The second kappa shape index (κ2) is 7.74. The molecule has 3 rings (SSSR count). The molecule has 26 heavy (non-hydrogen) atoms. The molecule has 0 unspecified atom stereocenters. The van der Waals surface area contributed by atoms with Crippen LogP contribution in [0.5, 0.6) is 0 Å². The van der Waals surface area contributed by atoms with Crippen molar-refractivity contribution in [2.24, 2.45) is 4.99 Å². The van der Waals surface area contributed by atoms with E-state index in [1.165, 1.54) is 17.3 Å². The van der Waals surface area contributed by atoms with Gasteiger partial charge in [-0.05, 0) is 56.2 Å². The number of hydrogen-bond acceptors (Lipinski definition) is 4. The molecule has 0 radical (unpaired) electrons. The van der Waals surface area contributed by atoms with Crippen LogP contribution in [0.25, 0.3) is 0 Å². The molecular weight excluding hydrogens is 346 g/mol. The van der Waals surface area contributed by atoms with E-state index >= 15 is 0 Å². The molecule has 1 aliphatic heterocycles. The van der Waals surface area contributed by atoms with Gasteiger partial charge in [0.1, 0.15) is 5.25 Å². The van der Waals surface area contributed by atoms with E-state index in [1.807, 2.05) is 63.2 Å². The number of benzene rings is 2. The summed E-state index contributed by atoms with van der Waals surface area (Å²) in [5.41, 5.74) is 4.90. The normalized spacial score (nSPS) is 18.5. The highest BCUT2D eigenvalue weighted by molar-refractivity contribution is 8.15. The van der Waals surface area contributed by atoms with Crippen LogP contribution in [0.2, 0.25) is 0 Å². The van der Waals surface area contributed by atoms with Gasteiger partial charge in [-0.25, -0.2) is 4.99 Å². The van der Waals surface area contributed by atoms with Gasteiger partial charge in [0.05, 0.1) is 5.69 Å². The molecule has 2 aromatic carbocycles. The van der Waals surface area contributed by atoms with Gasteiger partial charge in [-0.3, -0.25) is 9.59 Å². The molecule has 2 N–H and O–H groups in total. The van der Waals surface area contributed by atoms with Crippen LogP contribution in [0.4, 0.5) is 11.4 Å². The fourth-order valence-electron chi connectivity index (χ4n) is 2.52. The van der Waals surface area contributed by atoms with Crippen molar-refractivity contribution in [2.75, 3.05) is 5.32 Å². The number of anilines is 1. The number of aliphatic imine (C=N–C) groups is 1. The highest BCUT2D eigenvalue weighted by atomic mass is 32.2. The minimum atomic E-state index is -0.505. The number of rotatable bonds is 3. The van der Waals surface area contributed by atoms with Crippen LogP contribution >= 0.6 is 11.8 Å². The Labute approximate surface area is 157 Å². The van der Waals surface area contributed by atoms with Crippen LogP contribution in [0.15, 0.2) is 47.5 Å². The van der Waals surface area contributed by atoms with Crippen LogP contribution in [0.3, 0.4) is 0 Å². The lowest BCUT2D eigenvalue weighted by Gasteiger charge is -2.22. The molecule has 1 saturated heterocycles. The van der Waals surface area contributed by atoms with E-state index in [0.29, 0.717) is 5.17 Å². The molecule has 6 heteroatoms. The summed E-state index contributed by atoms with van der Waals surface area (Å²) in [6, 6.07) is 13.5. The summed E-state index contributed by atoms with van der Waals surface area (Å²) in [6.07, 6.45) is 0.133. The first-order valence-corrected chi connectivity index (χ1v) is 9.28. The third-order valence-corrected chi connectivity index (χ3v) is 5.28. The average molecular weight is 367 g/mol. The molecular formula is C20H21N3O2S. The smallest absolute Gasteiger partial charge is 0.238 e. The topological polar surface area (TPSA) is 70.6 Å². The van der Waals surface area contributed by atoms with Crippen LogP contribution in [-0.4, -0.2) is 22.2 Å². The molecule has 1 atom stereocenters. The van der Waals surface area contributed by atoms with Gasteiger partial charge in [0, 0.05) is 12.1 Å².